The quantitative estimate of drug-likeness (QED) is 0.294. The van der Waals surface area contributed by atoms with Crippen molar-refractivity contribution in [1.82, 2.24) is 0 Å². The van der Waals surface area contributed by atoms with Crippen LogP contribution in [0.2, 0.25) is 0 Å². The summed E-state index contributed by atoms with van der Waals surface area (Å²) in [6.07, 6.45) is 0. The molecule has 58 valence electrons. The molecule has 0 radical (unpaired) electrons. The molecule has 4 heteroatoms. The summed E-state index contributed by atoms with van der Waals surface area (Å²) in [7, 11) is 0. The van der Waals surface area contributed by atoms with E-state index >= 15 is 0 Å². The van der Waals surface area contributed by atoms with E-state index in [1.807, 2.05) is 18.2 Å². The number of carbonyl (C=O) groups excluding carboxylic acids is 1. The number of esters is 1. The maximum absolute atomic E-state index is 10.5. The summed E-state index contributed by atoms with van der Waals surface area (Å²) in [5.41, 5.74) is 0. The molecule has 1 aromatic carbocycles. The van der Waals surface area contributed by atoms with Gasteiger partial charge in [0.25, 0.3) is 0 Å². The zero-order valence-corrected chi connectivity index (χ0v) is 12.3. The van der Waals surface area contributed by atoms with Gasteiger partial charge in [0.1, 0.15) is 5.75 Å². The molecule has 0 saturated carbocycles. The molecule has 1 aromatic rings. The van der Waals surface area contributed by atoms with Crippen LogP contribution in [-0.2, 0) is 4.79 Å². The van der Waals surface area contributed by atoms with Crippen molar-refractivity contribution in [1.29, 1.82) is 0 Å². The number of hydrogen-bond acceptors (Lipinski definition) is 2. The van der Waals surface area contributed by atoms with Gasteiger partial charge >= 0.3 is 57.4 Å². The van der Waals surface area contributed by atoms with Crippen LogP contribution in [0.5, 0.6) is 5.75 Å². The fourth-order valence-corrected chi connectivity index (χ4v) is 1.18. The van der Waals surface area contributed by atoms with E-state index in [2.05, 4.69) is 22.6 Å². The monoisotopic (exact) mass is 301 g/mol. The number of halogens is 1. The first kappa shape index (κ1) is 13.1. The molecule has 0 aliphatic heterocycles. The first-order valence-corrected chi connectivity index (χ1v) is 4.21. The molecule has 0 aliphatic rings. The van der Waals surface area contributed by atoms with Crippen molar-refractivity contribution in [3.8, 4) is 5.75 Å². The SMILES string of the molecule is CC(=O)Oc1ccccc1I.[K+]. The minimum Gasteiger partial charge on any atom is -0.426 e. The Kier molecular flexibility index (Phi) is 7.07. The first-order valence-electron chi connectivity index (χ1n) is 3.13. The van der Waals surface area contributed by atoms with Crippen LogP contribution < -0.4 is 56.1 Å². The van der Waals surface area contributed by atoms with Crippen LogP contribution in [0.1, 0.15) is 6.92 Å². The van der Waals surface area contributed by atoms with Gasteiger partial charge in [0.2, 0.25) is 0 Å². The van der Waals surface area contributed by atoms with Gasteiger partial charge in [-0.15, -0.1) is 0 Å². The van der Waals surface area contributed by atoms with Gasteiger partial charge < -0.3 is 4.74 Å². The molecule has 12 heavy (non-hydrogen) atoms. The molecule has 0 atom stereocenters. The van der Waals surface area contributed by atoms with Gasteiger partial charge in [-0.1, -0.05) is 12.1 Å². The van der Waals surface area contributed by atoms with Gasteiger partial charge in [0.15, 0.2) is 0 Å². The molecule has 0 bridgehead atoms. The number of rotatable bonds is 1. The molecule has 1 rings (SSSR count). The second kappa shape index (κ2) is 6.50. The Morgan fingerprint density at radius 1 is 1.42 bits per heavy atom. The normalized spacial score (nSPS) is 8.50. The zero-order chi connectivity index (χ0) is 8.27. The zero-order valence-electron chi connectivity index (χ0n) is 7.00. The van der Waals surface area contributed by atoms with Gasteiger partial charge in [-0.25, -0.2) is 0 Å². The molecular weight excluding hydrogens is 294 g/mol. The molecule has 2 nitrogen and oxygen atoms in total. The minimum absolute atomic E-state index is 0. The van der Waals surface area contributed by atoms with E-state index < -0.39 is 0 Å². The third kappa shape index (κ3) is 4.34. The first-order chi connectivity index (χ1) is 5.20. The fourth-order valence-electron chi connectivity index (χ4n) is 0.682. The van der Waals surface area contributed by atoms with E-state index in [-0.39, 0.29) is 57.4 Å². The van der Waals surface area contributed by atoms with Crippen molar-refractivity contribution in [3.05, 3.63) is 27.8 Å². The summed E-state index contributed by atoms with van der Waals surface area (Å²) in [6.45, 7) is 1.39. The molecule has 0 heterocycles. The Morgan fingerprint density at radius 2 is 2.00 bits per heavy atom. The third-order valence-electron chi connectivity index (χ3n) is 1.09. The maximum Gasteiger partial charge on any atom is 1.00 e. The molecular formula is C8H7IKO2+. The van der Waals surface area contributed by atoms with E-state index in [0.29, 0.717) is 5.75 Å². The van der Waals surface area contributed by atoms with Gasteiger partial charge in [-0.05, 0) is 34.7 Å². The number of benzene rings is 1. The Morgan fingerprint density at radius 3 is 2.50 bits per heavy atom. The van der Waals surface area contributed by atoms with Crippen molar-refractivity contribution >= 4 is 28.6 Å². The average Bonchev–Trinajstić information content (AvgIpc) is 1.93. The smallest absolute Gasteiger partial charge is 0.426 e. The number of ether oxygens (including phenoxy) is 1. The molecule has 0 spiro atoms. The second-order valence-corrected chi connectivity index (χ2v) is 3.19. The molecule has 0 saturated heterocycles. The van der Waals surface area contributed by atoms with E-state index in [4.69, 9.17) is 4.74 Å². The standard InChI is InChI=1S/C8H7IO2.K/c1-6(10)11-8-5-3-2-4-7(8)9;/h2-5H,1H3;/q;+1. The summed E-state index contributed by atoms with van der Waals surface area (Å²) < 4.78 is 5.84. The molecule has 0 unspecified atom stereocenters. The number of hydrogen-bond donors (Lipinski definition) is 0. The van der Waals surface area contributed by atoms with Crippen molar-refractivity contribution in [2.45, 2.75) is 6.92 Å². The number of para-hydroxylation sites is 1. The molecule has 0 fully saturated rings. The van der Waals surface area contributed by atoms with Crippen LogP contribution in [0.15, 0.2) is 24.3 Å². The predicted octanol–water partition coefficient (Wildman–Crippen LogP) is -0.779. The Hall–Kier alpha value is 1.06. The Labute approximate surface area is 128 Å². The largest absolute Gasteiger partial charge is 1.00 e. The summed E-state index contributed by atoms with van der Waals surface area (Å²) >= 11 is 2.12. The Balaban J connectivity index is 0.00000121. The van der Waals surface area contributed by atoms with Crippen LogP contribution in [0.4, 0.5) is 0 Å². The second-order valence-electron chi connectivity index (χ2n) is 2.02. The summed E-state index contributed by atoms with van der Waals surface area (Å²) in [5.74, 6) is 0.342. The van der Waals surface area contributed by atoms with E-state index in [1.54, 1.807) is 6.07 Å². The number of carbonyl (C=O) groups is 1. The predicted molar refractivity (Wildman–Crippen MR) is 50.5 cm³/mol. The van der Waals surface area contributed by atoms with Crippen LogP contribution in [0, 0.1) is 3.57 Å². The summed E-state index contributed by atoms with van der Waals surface area (Å²) in [6, 6.07) is 7.39. The van der Waals surface area contributed by atoms with Gasteiger partial charge in [-0.3, -0.25) is 4.79 Å². The van der Waals surface area contributed by atoms with Crippen LogP contribution >= 0.6 is 22.6 Å². The van der Waals surface area contributed by atoms with Crippen molar-refractivity contribution in [3.63, 3.8) is 0 Å². The average molecular weight is 301 g/mol. The third-order valence-corrected chi connectivity index (χ3v) is 1.98. The van der Waals surface area contributed by atoms with Crippen LogP contribution in [0.25, 0.3) is 0 Å². The van der Waals surface area contributed by atoms with Gasteiger partial charge in [-0.2, -0.15) is 0 Å². The van der Waals surface area contributed by atoms with E-state index in [0.717, 1.165) is 3.57 Å². The van der Waals surface area contributed by atoms with E-state index in [1.165, 1.54) is 6.92 Å². The minimum atomic E-state index is -0.283. The van der Waals surface area contributed by atoms with Crippen LogP contribution in [0.3, 0.4) is 0 Å². The van der Waals surface area contributed by atoms with Crippen molar-refractivity contribution in [2.24, 2.45) is 0 Å². The van der Waals surface area contributed by atoms with E-state index in [9.17, 15) is 4.79 Å². The molecule has 0 aliphatic carbocycles. The molecule has 0 N–H and O–H groups in total. The summed E-state index contributed by atoms with van der Waals surface area (Å²) in [5, 5.41) is 0. The molecule has 0 amide bonds. The Bertz CT molecular complexity index is 276. The van der Waals surface area contributed by atoms with Gasteiger partial charge in [0, 0.05) is 6.92 Å². The maximum atomic E-state index is 10.5. The topological polar surface area (TPSA) is 26.3 Å². The van der Waals surface area contributed by atoms with Crippen molar-refractivity contribution in [2.75, 3.05) is 0 Å². The van der Waals surface area contributed by atoms with Crippen molar-refractivity contribution < 1.29 is 60.9 Å². The van der Waals surface area contributed by atoms with Gasteiger partial charge in [0.05, 0.1) is 3.57 Å². The summed E-state index contributed by atoms with van der Waals surface area (Å²) in [4.78, 5) is 10.5. The molecule has 0 aromatic heterocycles. The fraction of sp³-hybridized carbons (Fsp3) is 0.125. The van der Waals surface area contributed by atoms with Crippen LogP contribution in [-0.4, -0.2) is 5.97 Å².